The lowest BCUT2D eigenvalue weighted by Gasteiger charge is -2.21. The molecular formula is C14H18N4. The Balaban J connectivity index is 2.32. The van der Waals surface area contributed by atoms with E-state index in [1.54, 1.807) is 12.4 Å². The molecule has 0 fully saturated rings. The summed E-state index contributed by atoms with van der Waals surface area (Å²) in [7, 11) is 0. The van der Waals surface area contributed by atoms with Crippen LogP contribution in [-0.2, 0) is 6.54 Å². The van der Waals surface area contributed by atoms with E-state index >= 15 is 0 Å². The van der Waals surface area contributed by atoms with E-state index < -0.39 is 0 Å². The van der Waals surface area contributed by atoms with Crippen LogP contribution in [0, 0.1) is 6.92 Å². The molecule has 1 aromatic carbocycles. The molecule has 0 aliphatic carbocycles. The van der Waals surface area contributed by atoms with Crippen molar-refractivity contribution in [2.45, 2.75) is 20.4 Å². The number of aromatic nitrogens is 2. The smallest absolute Gasteiger partial charge is 0.229 e. The highest BCUT2D eigenvalue weighted by Crippen LogP contribution is 2.22. The van der Waals surface area contributed by atoms with Crippen LogP contribution in [0.2, 0.25) is 0 Å². The van der Waals surface area contributed by atoms with E-state index in [2.05, 4.69) is 46.9 Å². The van der Waals surface area contributed by atoms with Gasteiger partial charge in [-0.05, 0) is 31.5 Å². The number of nitrogens with two attached hydrogens (primary N) is 1. The van der Waals surface area contributed by atoms with Crippen LogP contribution in [-0.4, -0.2) is 16.5 Å². The van der Waals surface area contributed by atoms with Crippen molar-refractivity contribution in [1.29, 1.82) is 0 Å². The summed E-state index contributed by atoms with van der Waals surface area (Å²) in [4.78, 5) is 10.8. The summed E-state index contributed by atoms with van der Waals surface area (Å²) in [5, 5.41) is 0. The second kappa shape index (κ2) is 5.60. The molecule has 94 valence electrons. The van der Waals surface area contributed by atoms with Gasteiger partial charge in [-0.25, -0.2) is 9.97 Å². The van der Waals surface area contributed by atoms with Crippen LogP contribution in [0.15, 0.2) is 36.7 Å². The third kappa shape index (κ3) is 2.65. The van der Waals surface area contributed by atoms with E-state index in [4.69, 9.17) is 5.73 Å². The number of hydrogen-bond donors (Lipinski definition) is 1. The molecule has 0 radical (unpaired) electrons. The quantitative estimate of drug-likeness (QED) is 0.894. The van der Waals surface area contributed by atoms with Gasteiger partial charge in [-0.15, -0.1) is 0 Å². The first-order chi connectivity index (χ1) is 8.74. The molecule has 0 aliphatic heterocycles. The van der Waals surface area contributed by atoms with Crippen molar-refractivity contribution in [3.63, 3.8) is 0 Å². The molecular weight excluding hydrogens is 224 g/mol. The fourth-order valence-electron chi connectivity index (χ4n) is 1.83. The Morgan fingerprint density at radius 2 is 1.94 bits per heavy atom. The van der Waals surface area contributed by atoms with Gasteiger partial charge in [0.15, 0.2) is 0 Å². The van der Waals surface area contributed by atoms with Gasteiger partial charge < -0.3 is 10.6 Å². The molecule has 4 nitrogen and oxygen atoms in total. The Morgan fingerprint density at radius 1 is 1.22 bits per heavy atom. The Hall–Kier alpha value is -1.94. The van der Waals surface area contributed by atoms with E-state index in [0.29, 0.717) is 12.5 Å². The summed E-state index contributed by atoms with van der Waals surface area (Å²) in [6.07, 6.45) is 3.56. The summed E-state index contributed by atoms with van der Waals surface area (Å²) in [6, 6.07) is 8.32. The Kier molecular flexibility index (Phi) is 3.89. The lowest BCUT2D eigenvalue weighted by atomic mass is 10.2. The van der Waals surface area contributed by atoms with Gasteiger partial charge in [0.2, 0.25) is 5.95 Å². The van der Waals surface area contributed by atoms with E-state index in [0.717, 1.165) is 17.8 Å². The van der Waals surface area contributed by atoms with Gasteiger partial charge >= 0.3 is 0 Å². The maximum atomic E-state index is 5.55. The van der Waals surface area contributed by atoms with Crippen molar-refractivity contribution < 1.29 is 0 Å². The normalized spacial score (nSPS) is 10.4. The third-order valence-electron chi connectivity index (χ3n) is 2.80. The highest BCUT2D eigenvalue weighted by atomic mass is 15.2. The second-order valence-corrected chi connectivity index (χ2v) is 4.18. The molecule has 1 heterocycles. The molecule has 0 spiro atoms. The standard InChI is InChI=1S/C14H18N4/c1-3-18(13-6-4-5-11(2)7-13)14-16-9-12(8-15)10-17-14/h4-7,9-10H,3,8,15H2,1-2H3. The number of rotatable bonds is 4. The molecule has 2 aromatic rings. The number of nitrogens with zero attached hydrogens (tertiary/aromatic N) is 3. The van der Waals surface area contributed by atoms with Crippen molar-refractivity contribution in [3.05, 3.63) is 47.8 Å². The molecule has 0 unspecified atom stereocenters. The first-order valence-electron chi connectivity index (χ1n) is 6.09. The van der Waals surface area contributed by atoms with Crippen LogP contribution in [0.25, 0.3) is 0 Å². The largest absolute Gasteiger partial charge is 0.326 e. The molecule has 0 amide bonds. The van der Waals surface area contributed by atoms with E-state index in [1.165, 1.54) is 5.56 Å². The van der Waals surface area contributed by atoms with Crippen molar-refractivity contribution in [1.82, 2.24) is 9.97 Å². The highest BCUT2D eigenvalue weighted by molar-refractivity contribution is 5.57. The fraction of sp³-hybridized carbons (Fsp3) is 0.286. The van der Waals surface area contributed by atoms with Crippen LogP contribution in [0.4, 0.5) is 11.6 Å². The first-order valence-corrected chi connectivity index (χ1v) is 6.09. The molecule has 18 heavy (non-hydrogen) atoms. The van der Waals surface area contributed by atoms with Gasteiger partial charge in [-0.2, -0.15) is 0 Å². The Labute approximate surface area is 107 Å². The summed E-state index contributed by atoms with van der Waals surface area (Å²) in [5.74, 6) is 0.709. The molecule has 1 aromatic heterocycles. The van der Waals surface area contributed by atoms with Gasteiger partial charge in [-0.1, -0.05) is 12.1 Å². The molecule has 0 atom stereocenters. The molecule has 0 saturated heterocycles. The van der Waals surface area contributed by atoms with Gasteiger partial charge in [-0.3, -0.25) is 0 Å². The lowest BCUT2D eigenvalue weighted by molar-refractivity contribution is 0.924. The second-order valence-electron chi connectivity index (χ2n) is 4.18. The van der Waals surface area contributed by atoms with Gasteiger partial charge in [0.1, 0.15) is 0 Å². The van der Waals surface area contributed by atoms with Gasteiger partial charge in [0.25, 0.3) is 0 Å². The van der Waals surface area contributed by atoms with Crippen molar-refractivity contribution in [2.24, 2.45) is 5.73 Å². The number of aryl methyl sites for hydroxylation is 1. The minimum Gasteiger partial charge on any atom is -0.326 e. The minimum atomic E-state index is 0.469. The van der Waals surface area contributed by atoms with Crippen molar-refractivity contribution in [2.75, 3.05) is 11.4 Å². The summed E-state index contributed by atoms with van der Waals surface area (Å²) >= 11 is 0. The number of hydrogen-bond acceptors (Lipinski definition) is 4. The molecule has 2 N–H and O–H groups in total. The lowest BCUT2D eigenvalue weighted by Crippen LogP contribution is -2.19. The SMILES string of the molecule is CCN(c1cccc(C)c1)c1ncc(CN)cn1. The van der Waals surface area contributed by atoms with Crippen LogP contribution in [0.3, 0.4) is 0 Å². The Morgan fingerprint density at radius 3 is 2.50 bits per heavy atom. The van der Waals surface area contributed by atoms with Gasteiger partial charge in [0, 0.05) is 36.7 Å². The van der Waals surface area contributed by atoms with E-state index in [1.807, 2.05) is 6.07 Å². The summed E-state index contributed by atoms with van der Waals surface area (Å²) < 4.78 is 0. The predicted octanol–water partition coefficient (Wildman–Crippen LogP) is 2.40. The summed E-state index contributed by atoms with van der Waals surface area (Å²) in [5.41, 5.74) is 8.83. The van der Waals surface area contributed by atoms with Crippen molar-refractivity contribution in [3.8, 4) is 0 Å². The van der Waals surface area contributed by atoms with Crippen molar-refractivity contribution >= 4 is 11.6 Å². The van der Waals surface area contributed by atoms with Crippen LogP contribution < -0.4 is 10.6 Å². The van der Waals surface area contributed by atoms with E-state index in [9.17, 15) is 0 Å². The minimum absolute atomic E-state index is 0.469. The molecule has 2 rings (SSSR count). The Bertz CT molecular complexity index is 507. The topological polar surface area (TPSA) is 55.0 Å². The molecule has 0 aliphatic rings. The maximum absolute atomic E-state index is 5.55. The molecule has 4 heteroatoms. The first kappa shape index (κ1) is 12.5. The van der Waals surface area contributed by atoms with E-state index in [-0.39, 0.29) is 0 Å². The van der Waals surface area contributed by atoms with Crippen LogP contribution in [0.5, 0.6) is 0 Å². The average Bonchev–Trinajstić information content (AvgIpc) is 2.40. The highest BCUT2D eigenvalue weighted by Gasteiger charge is 2.09. The zero-order chi connectivity index (χ0) is 13.0. The van der Waals surface area contributed by atoms with Crippen LogP contribution in [0.1, 0.15) is 18.1 Å². The molecule has 0 saturated carbocycles. The van der Waals surface area contributed by atoms with Crippen LogP contribution >= 0.6 is 0 Å². The monoisotopic (exact) mass is 242 g/mol. The number of anilines is 2. The zero-order valence-corrected chi connectivity index (χ0v) is 10.8. The summed E-state index contributed by atoms with van der Waals surface area (Å²) in [6.45, 7) is 5.46. The maximum Gasteiger partial charge on any atom is 0.229 e. The molecule has 0 bridgehead atoms. The predicted molar refractivity (Wildman–Crippen MR) is 73.8 cm³/mol. The third-order valence-corrected chi connectivity index (χ3v) is 2.80. The van der Waals surface area contributed by atoms with Gasteiger partial charge in [0.05, 0.1) is 0 Å². The fourth-order valence-corrected chi connectivity index (χ4v) is 1.83. The average molecular weight is 242 g/mol. The number of benzene rings is 1. The zero-order valence-electron chi connectivity index (χ0n) is 10.8.